The molecule has 1 heterocycles. The van der Waals surface area contributed by atoms with Crippen LogP contribution in [0.4, 0.5) is 9.80 Å². The molecule has 1 aromatic heterocycles. The fraction of sp³-hybridized carbons (Fsp3) is 0.667. The summed E-state index contributed by atoms with van der Waals surface area (Å²) in [5, 5.41) is 9.20. The normalized spacial score (nSPS) is 39.3. The Morgan fingerprint density at radius 1 is 1.16 bits per heavy atom. The van der Waals surface area contributed by atoms with Gasteiger partial charge < -0.3 is 5.32 Å². The minimum absolute atomic E-state index is 0.00981. The zero-order valence-electron chi connectivity index (χ0n) is 11.0. The lowest BCUT2D eigenvalue weighted by Gasteiger charge is -2.56. The van der Waals surface area contributed by atoms with Crippen LogP contribution in [-0.4, -0.2) is 11.6 Å². The molecule has 2 N–H and O–H groups in total. The van der Waals surface area contributed by atoms with Gasteiger partial charge in [0.05, 0.1) is 5.00 Å². The summed E-state index contributed by atoms with van der Waals surface area (Å²) in [7, 11) is 0. The molecular formula is C15H20N2OS. The summed E-state index contributed by atoms with van der Waals surface area (Å²) in [6.45, 7) is 0. The molecule has 0 radical (unpaired) electrons. The van der Waals surface area contributed by atoms with E-state index in [4.69, 9.17) is 0 Å². The van der Waals surface area contributed by atoms with Gasteiger partial charge in [-0.1, -0.05) is 0 Å². The van der Waals surface area contributed by atoms with Gasteiger partial charge in [0.15, 0.2) is 0 Å². The average Bonchev–Trinajstić information content (AvgIpc) is 2.78. The van der Waals surface area contributed by atoms with Crippen LogP contribution in [-0.2, 0) is 0 Å². The van der Waals surface area contributed by atoms with Gasteiger partial charge in [-0.2, -0.15) is 0 Å². The van der Waals surface area contributed by atoms with Crippen molar-refractivity contribution in [1.29, 1.82) is 0 Å². The molecular weight excluding hydrogens is 256 g/mol. The van der Waals surface area contributed by atoms with Crippen LogP contribution in [0.2, 0.25) is 0 Å². The van der Waals surface area contributed by atoms with Crippen molar-refractivity contribution in [2.75, 3.05) is 5.32 Å². The predicted octanol–water partition coefficient (Wildman–Crippen LogP) is 3.84. The Bertz CT molecular complexity index is 447. The van der Waals surface area contributed by atoms with Crippen LogP contribution in [0, 0.1) is 17.8 Å². The number of hydrogen-bond acceptors (Lipinski definition) is 2. The van der Waals surface area contributed by atoms with Gasteiger partial charge >= 0.3 is 6.03 Å². The molecule has 3 nitrogen and oxygen atoms in total. The molecule has 0 unspecified atom stereocenters. The zero-order valence-corrected chi connectivity index (χ0v) is 11.8. The SMILES string of the molecule is O=C(Nc1cccs1)NC12CC3CC(CC(C3)C1)C2. The van der Waals surface area contributed by atoms with E-state index >= 15 is 0 Å². The molecule has 0 aliphatic heterocycles. The third-order valence-corrected chi connectivity index (χ3v) is 5.96. The molecule has 0 aromatic carbocycles. The lowest BCUT2D eigenvalue weighted by Crippen LogP contribution is -2.60. The number of carbonyl (C=O) groups excluding carboxylic acids is 1. The van der Waals surface area contributed by atoms with Gasteiger partial charge in [0.1, 0.15) is 0 Å². The fourth-order valence-electron chi connectivity index (χ4n) is 5.00. The molecule has 4 aliphatic carbocycles. The van der Waals surface area contributed by atoms with Crippen molar-refractivity contribution in [3.8, 4) is 0 Å². The summed E-state index contributed by atoms with van der Waals surface area (Å²) in [4.78, 5) is 12.2. The highest BCUT2D eigenvalue weighted by atomic mass is 32.1. The van der Waals surface area contributed by atoms with Gasteiger partial charge in [-0.3, -0.25) is 5.32 Å². The van der Waals surface area contributed by atoms with Crippen LogP contribution in [0.15, 0.2) is 17.5 Å². The maximum absolute atomic E-state index is 12.2. The lowest BCUT2D eigenvalue weighted by atomic mass is 9.53. The van der Waals surface area contributed by atoms with Crippen LogP contribution >= 0.6 is 11.3 Å². The molecule has 4 fully saturated rings. The Morgan fingerprint density at radius 3 is 2.32 bits per heavy atom. The summed E-state index contributed by atoms with van der Waals surface area (Å²) < 4.78 is 0. The second-order valence-corrected chi connectivity index (χ2v) is 7.70. The Hall–Kier alpha value is -1.03. The van der Waals surface area contributed by atoms with Crippen molar-refractivity contribution in [3.05, 3.63) is 17.5 Å². The summed E-state index contributed by atoms with van der Waals surface area (Å²) in [5.41, 5.74) is 0.107. The molecule has 0 spiro atoms. The van der Waals surface area contributed by atoms with E-state index in [0.29, 0.717) is 0 Å². The predicted molar refractivity (Wildman–Crippen MR) is 77.4 cm³/mol. The quantitative estimate of drug-likeness (QED) is 0.846. The summed E-state index contributed by atoms with van der Waals surface area (Å²) >= 11 is 1.57. The average molecular weight is 276 g/mol. The van der Waals surface area contributed by atoms with Crippen LogP contribution < -0.4 is 10.6 Å². The number of nitrogens with one attached hydrogen (secondary N) is 2. The smallest absolute Gasteiger partial charge is 0.320 e. The molecule has 5 rings (SSSR count). The number of hydrogen-bond donors (Lipinski definition) is 2. The highest BCUT2D eigenvalue weighted by Crippen LogP contribution is 2.55. The maximum atomic E-state index is 12.2. The number of urea groups is 1. The number of rotatable bonds is 2. The third kappa shape index (κ3) is 2.16. The largest absolute Gasteiger partial charge is 0.332 e. The van der Waals surface area contributed by atoms with Gasteiger partial charge in [-0.05, 0) is 73.8 Å². The molecule has 102 valence electrons. The van der Waals surface area contributed by atoms with Crippen molar-refractivity contribution in [2.45, 2.75) is 44.1 Å². The molecule has 2 amide bonds. The second kappa shape index (κ2) is 4.23. The number of amides is 2. The molecule has 4 heteroatoms. The molecule has 4 bridgehead atoms. The Kier molecular flexibility index (Phi) is 2.62. The fourth-order valence-corrected chi connectivity index (χ4v) is 5.61. The number of anilines is 1. The second-order valence-electron chi connectivity index (χ2n) is 6.75. The van der Waals surface area contributed by atoms with Gasteiger partial charge in [0.25, 0.3) is 0 Å². The Balaban J connectivity index is 1.46. The Labute approximate surface area is 117 Å². The van der Waals surface area contributed by atoms with Crippen LogP contribution in [0.1, 0.15) is 38.5 Å². The maximum Gasteiger partial charge on any atom is 0.320 e. The van der Waals surface area contributed by atoms with Crippen LogP contribution in [0.5, 0.6) is 0 Å². The molecule has 19 heavy (non-hydrogen) atoms. The zero-order chi connectivity index (χ0) is 12.9. The van der Waals surface area contributed by atoms with E-state index in [2.05, 4.69) is 10.6 Å². The number of carbonyl (C=O) groups is 1. The van der Waals surface area contributed by atoms with E-state index in [1.165, 1.54) is 38.5 Å². The third-order valence-electron chi connectivity index (χ3n) is 5.17. The minimum Gasteiger partial charge on any atom is -0.332 e. The van der Waals surface area contributed by atoms with Crippen LogP contribution in [0.3, 0.4) is 0 Å². The summed E-state index contributed by atoms with van der Waals surface area (Å²) in [6, 6.07) is 3.90. The van der Waals surface area contributed by atoms with Crippen molar-refractivity contribution in [3.63, 3.8) is 0 Å². The highest BCUT2D eigenvalue weighted by molar-refractivity contribution is 7.14. The highest BCUT2D eigenvalue weighted by Gasteiger charge is 2.51. The van der Waals surface area contributed by atoms with Gasteiger partial charge in [0.2, 0.25) is 0 Å². The molecule has 1 aromatic rings. The molecule has 0 saturated heterocycles. The van der Waals surface area contributed by atoms with Gasteiger partial charge in [0, 0.05) is 5.54 Å². The lowest BCUT2D eigenvalue weighted by molar-refractivity contribution is -0.0127. The summed E-state index contributed by atoms with van der Waals surface area (Å²) in [5.74, 6) is 2.61. The first-order chi connectivity index (χ1) is 9.21. The van der Waals surface area contributed by atoms with E-state index in [-0.39, 0.29) is 11.6 Å². The van der Waals surface area contributed by atoms with E-state index in [0.717, 1.165) is 22.8 Å². The van der Waals surface area contributed by atoms with Gasteiger partial charge in [-0.25, -0.2) is 4.79 Å². The number of thiophene rings is 1. The van der Waals surface area contributed by atoms with Gasteiger partial charge in [-0.15, -0.1) is 11.3 Å². The van der Waals surface area contributed by atoms with Crippen molar-refractivity contribution >= 4 is 22.4 Å². The monoisotopic (exact) mass is 276 g/mol. The standard InChI is InChI=1S/C15H20N2OS/c18-14(16-13-2-1-3-19-13)17-15-7-10-4-11(8-15)6-12(5-10)9-15/h1-3,10-12H,4-9H2,(H2,16,17,18). The molecule has 4 saturated carbocycles. The minimum atomic E-state index is -0.00981. The first kappa shape index (κ1) is 11.8. The van der Waals surface area contributed by atoms with Crippen molar-refractivity contribution < 1.29 is 4.79 Å². The molecule has 0 atom stereocenters. The van der Waals surface area contributed by atoms with E-state index < -0.39 is 0 Å². The summed E-state index contributed by atoms with van der Waals surface area (Å²) in [6.07, 6.45) is 7.85. The molecule has 4 aliphatic rings. The van der Waals surface area contributed by atoms with Crippen molar-refractivity contribution in [1.82, 2.24) is 5.32 Å². The van der Waals surface area contributed by atoms with E-state index in [1.807, 2.05) is 17.5 Å². The first-order valence-electron chi connectivity index (χ1n) is 7.33. The first-order valence-corrected chi connectivity index (χ1v) is 8.21. The van der Waals surface area contributed by atoms with Crippen LogP contribution in [0.25, 0.3) is 0 Å². The van der Waals surface area contributed by atoms with E-state index in [9.17, 15) is 4.79 Å². The van der Waals surface area contributed by atoms with Crippen molar-refractivity contribution in [2.24, 2.45) is 17.8 Å². The Morgan fingerprint density at radius 2 is 1.79 bits per heavy atom. The topological polar surface area (TPSA) is 41.1 Å². The van der Waals surface area contributed by atoms with E-state index in [1.54, 1.807) is 11.3 Å².